The average Bonchev–Trinajstić information content (AvgIpc) is 3.33. The van der Waals surface area contributed by atoms with E-state index in [2.05, 4.69) is 84.1 Å². The van der Waals surface area contributed by atoms with Crippen LogP contribution in [-0.2, 0) is 4.79 Å². The maximum absolute atomic E-state index is 13.3. The molecule has 0 bridgehead atoms. The zero-order valence-corrected chi connectivity index (χ0v) is 36.3. The van der Waals surface area contributed by atoms with Crippen LogP contribution >= 0.6 is 46.4 Å². The number of halogens is 2. The van der Waals surface area contributed by atoms with Gasteiger partial charge in [-0.05, 0) is 145 Å². The van der Waals surface area contributed by atoms with Crippen LogP contribution in [0.4, 0.5) is 0 Å². The number of rotatable bonds is 17. The van der Waals surface area contributed by atoms with Crippen molar-refractivity contribution in [1.82, 2.24) is 4.90 Å². The van der Waals surface area contributed by atoms with E-state index >= 15 is 0 Å². The summed E-state index contributed by atoms with van der Waals surface area (Å²) >= 11 is 0. The summed E-state index contributed by atoms with van der Waals surface area (Å²) in [4.78, 5) is 15.3. The highest BCUT2D eigenvalue weighted by Gasteiger charge is 2.59. The van der Waals surface area contributed by atoms with Crippen molar-refractivity contribution in [2.75, 3.05) is 18.8 Å². The Labute approximate surface area is 323 Å². The molecule has 1 amide bonds. The quantitative estimate of drug-likeness (QED) is 0.0877. The van der Waals surface area contributed by atoms with Crippen LogP contribution in [0.1, 0.15) is 159 Å². The summed E-state index contributed by atoms with van der Waals surface area (Å²) in [6.45, 7) is 22.5. The number of amides is 1. The molecule has 288 valence electrons. The summed E-state index contributed by atoms with van der Waals surface area (Å²) in [5.74, 6) is 6.56. The summed E-state index contributed by atoms with van der Waals surface area (Å²) in [6, 6.07) is 0. The van der Waals surface area contributed by atoms with E-state index in [4.69, 9.17) is 11.5 Å². The molecule has 3 saturated carbocycles. The lowest BCUT2D eigenvalue weighted by molar-refractivity contribution is -0.131. The van der Waals surface area contributed by atoms with E-state index in [-0.39, 0.29) is 41.8 Å². The van der Waals surface area contributed by atoms with E-state index in [1.54, 1.807) is 5.57 Å². The second-order valence-electron chi connectivity index (χ2n) is 19.0. The van der Waals surface area contributed by atoms with Gasteiger partial charge in [-0.15, -0.1) is 24.8 Å². The number of hydrogen-bond donors (Lipinski definition) is 2. The molecular formula is C41H77Cl2N3OS2. The minimum Gasteiger partial charge on any atom is -0.343 e. The number of fused-ring (bicyclic) bond motifs is 5. The molecule has 4 N–H and O–H groups in total. The fourth-order valence-electron chi connectivity index (χ4n) is 10.7. The molecule has 4 rings (SSSR count). The lowest BCUT2D eigenvalue weighted by Crippen LogP contribution is -2.50. The molecule has 0 radical (unpaired) electrons. The maximum Gasteiger partial charge on any atom is 0.223 e. The van der Waals surface area contributed by atoms with E-state index in [1.807, 2.05) is 10.8 Å². The van der Waals surface area contributed by atoms with Gasteiger partial charge in [0.25, 0.3) is 0 Å². The molecule has 0 spiro atoms. The fraction of sp³-hybridized carbons (Fsp3) is 0.927. The normalized spacial score (nSPS) is 31.8. The van der Waals surface area contributed by atoms with Gasteiger partial charge in [0, 0.05) is 41.6 Å². The summed E-state index contributed by atoms with van der Waals surface area (Å²) in [5, 5.41) is 0.684. The molecular weight excluding hydrogens is 686 g/mol. The monoisotopic (exact) mass is 761 g/mol. The largest absolute Gasteiger partial charge is 0.343 e. The highest BCUT2D eigenvalue weighted by molar-refractivity contribution is 8.76. The molecule has 0 aromatic carbocycles. The van der Waals surface area contributed by atoms with Crippen LogP contribution in [0.2, 0.25) is 0 Å². The van der Waals surface area contributed by atoms with Crippen LogP contribution in [0.15, 0.2) is 11.6 Å². The van der Waals surface area contributed by atoms with Crippen LogP contribution in [0.25, 0.3) is 0 Å². The third-order valence-electron chi connectivity index (χ3n) is 13.5. The van der Waals surface area contributed by atoms with E-state index in [0.717, 1.165) is 73.6 Å². The van der Waals surface area contributed by atoms with Crippen molar-refractivity contribution in [2.45, 2.75) is 175 Å². The molecule has 1 unspecified atom stereocenters. The highest BCUT2D eigenvalue weighted by Crippen LogP contribution is 2.67. The molecule has 0 heterocycles. The summed E-state index contributed by atoms with van der Waals surface area (Å²) in [6.07, 6.45) is 21.4. The molecule has 8 atom stereocenters. The molecule has 49 heavy (non-hydrogen) atoms. The summed E-state index contributed by atoms with van der Waals surface area (Å²) in [7, 11) is 4.01. The van der Waals surface area contributed by atoms with Crippen molar-refractivity contribution in [3.8, 4) is 0 Å². The third-order valence-corrected chi connectivity index (χ3v) is 16.4. The van der Waals surface area contributed by atoms with E-state index in [1.165, 1.54) is 70.6 Å². The SMILES string of the molecule is CC(C)CCCC(C)[C@H]1CC[C@H]2[C@@H]3CC=C4C[C@@H](SSCCC(=O)N(CCCC(C)(C)N)CCC(C)(C)N)CC[C@]4(C)[C@H]3CC[C@]12C.Cl.Cl. The first-order valence-electron chi connectivity index (χ1n) is 19.8. The van der Waals surface area contributed by atoms with Crippen molar-refractivity contribution >= 4 is 52.3 Å². The zero-order valence-electron chi connectivity index (χ0n) is 33.0. The van der Waals surface area contributed by atoms with Gasteiger partial charge >= 0.3 is 0 Å². The first kappa shape index (κ1) is 45.6. The summed E-state index contributed by atoms with van der Waals surface area (Å²) in [5.41, 5.74) is 14.8. The van der Waals surface area contributed by atoms with Crippen LogP contribution in [0.5, 0.6) is 0 Å². The molecule has 3 fully saturated rings. The van der Waals surface area contributed by atoms with Gasteiger partial charge in [-0.2, -0.15) is 0 Å². The van der Waals surface area contributed by atoms with Crippen LogP contribution < -0.4 is 11.5 Å². The lowest BCUT2D eigenvalue weighted by Gasteiger charge is -2.58. The van der Waals surface area contributed by atoms with Crippen LogP contribution in [-0.4, -0.2) is 46.0 Å². The van der Waals surface area contributed by atoms with Crippen LogP contribution in [0, 0.1) is 46.3 Å². The summed E-state index contributed by atoms with van der Waals surface area (Å²) < 4.78 is 0. The molecule has 4 nitrogen and oxygen atoms in total. The van der Waals surface area contributed by atoms with Crippen molar-refractivity contribution in [3.63, 3.8) is 0 Å². The van der Waals surface area contributed by atoms with Gasteiger partial charge in [0.1, 0.15) is 0 Å². The molecule has 8 heteroatoms. The van der Waals surface area contributed by atoms with Gasteiger partial charge in [-0.3, -0.25) is 4.79 Å². The smallest absolute Gasteiger partial charge is 0.223 e. The molecule has 0 aromatic rings. The minimum absolute atomic E-state index is 0. The molecule has 0 saturated heterocycles. The third kappa shape index (κ3) is 12.2. The second kappa shape index (κ2) is 19.1. The van der Waals surface area contributed by atoms with E-state index < -0.39 is 0 Å². The standard InChI is InChI=1S/C41H75N3OS2.2ClH/c1-29(2)12-10-13-30(3)34-16-17-35-33-15-14-31-28-32(18-22-40(31,8)36(33)19-23-41(34,35)9)47-46-27-20-37(45)44(26-24-39(6,7)43)25-11-21-38(4,5)42;;/h14,29-30,32-36H,10-13,15-28,42-43H2,1-9H3;2*1H/t30?,32-,33-,34+,35-,36-,40-,41+;;/m0../s1. The molecule has 0 aromatic heterocycles. The predicted molar refractivity (Wildman–Crippen MR) is 223 cm³/mol. The number of allylic oxidation sites excluding steroid dienone is 2. The minimum atomic E-state index is -0.262. The molecule has 4 aliphatic rings. The molecule has 0 aliphatic heterocycles. The fourth-order valence-corrected chi connectivity index (χ4v) is 13.3. The van der Waals surface area contributed by atoms with Gasteiger partial charge in [-0.25, -0.2) is 0 Å². The van der Waals surface area contributed by atoms with E-state index in [9.17, 15) is 4.79 Å². The van der Waals surface area contributed by atoms with Crippen LogP contribution in [0.3, 0.4) is 0 Å². The predicted octanol–water partition coefficient (Wildman–Crippen LogP) is 11.5. The van der Waals surface area contributed by atoms with Gasteiger partial charge in [-0.1, -0.05) is 87.1 Å². The van der Waals surface area contributed by atoms with Gasteiger partial charge < -0.3 is 16.4 Å². The number of hydrogen-bond acceptors (Lipinski definition) is 5. The number of nitrogens with zero attached hydrogens (tertiary/aromatic N) is 1. The van der Waals surface area contributed by atoms with Crippen molar-refractivity contribution in [1.29, 1.82) is 0 Å². The Morgan fingerprint density at radius 1 is 0.918 bits per heavy atom. The Bertz CT molecular complexity index is 1060. The Balaban J connectivity index is 0.00000417. The Morgan fingerprint density at radius 3 is 2.27 bits per heavy atom. The zero-order chi connectivity index (χ0) is 34.6. The molecule has 4 aliphatic carbocycles. The number of carbonyl (C=O) groups excluding carboxylic acids is 1. The Hall–Kier alpha value is 0.410. The Kier molecular flexibility index (Phi) is 17.8. The van der Waals surface area contributed by atoms with Gasteiger partial charge in [0.05, 0.1) is 0 Å². The number of nitrogens with two attached hydrogens (primary N) is 2. The topological polar surface area (TPSA) is 72.3 Å². The highest BCUT2D eigenvalue weighted by atomic mass is 35.5. The van der Waals surface area contributed by atoms with Crippen molar-refractivity contribution in [3.05, 3.63) is 11.6 Å². The average molecular weight is 763 g/mol. The van der Waals surface area contributed by atoms with Crippen molar-refractivity contribution < 1.29 is 4.79 Å². The van der Waals surface area contributed by atoms with Gasteiger partial charge in [0.15, 0.2) is 0 Å². The maximum atomic E-state index is 13.3. The van der Waals surface area contributed by atoms with Gasteiger partial charge in [0.2, 0.25) is 5.91 Å². The first-order chi connectivity index (χ1) is 21.9. The van der Waals surface area contributed by atoms with E-state index in [0.29, 0.717) is 22.5 Å². The Morgan fingerprint density at radius 2 is 1.61 bits per heavy atom. The first-order valence-corrected chi connectivity index (χ1v) is 22.1. The van der Waals surface area contributed by atoms with Crippen molar-refractivity contribution in [2.24, 2.45) is 57.8 Å². The second-order valence-corrected chi connectivity index (χ2v) is 21.8. The number of carbonyl (C=O) groups is 1. The lowest BCUT2D eigenvalue weighted by atomic mass is 9.47.